The van der Waals surface area contributed by atoms with Gasteiger partial charge in [0.2, 0.25) is 0 Å². The first-order valence-corrected chi connectivity index (χ1v) is 5.55. The maximum atomic E-state index is 5.67. The molecular formula is C13H11NS. The summed E-state index contributed by atoms with van der Waals surface area (Å²) in [6, 6.07) is 9.71. The fraction of sp³-hybridized carbons (Fsp3) is 0.0769. The average molecular weight is 213 g/mol. The van der Waals surface area contributed by atoms with E-state index in [1.54, 1.807) is 11.3 Å². The molecule has 1 nitrogen and oxygen atoms in total. The number of benzene rings is 1. The highest BCUT2D eigenvalue weighted by Crippen LogP contribution is 2.14. The number of nitrogen functional groups attached to an aromatic ring is 1. The van der Waals surface area contributed by atoms with Gasteiger partial charge in [0.1, 0.15) is 0 Å². The molecule has 0 aliphatic heterocycles. The van der Waals surface area contributed by atoms with E-state index in [0.717, 1.165) is 16.1 Å². The summed E-state index contributed by atoms with van der Waals surface area (Å²) >= 11 is 1.67. The highest BCUT2D eigenvalue weighted by Gasteiger charge is 1.93. The van der Waals surface area contributed by atoms with Crippen molar-refractivity contribution in [2.24, 2.45) is 0 Å². The van der Waals surface area contributed by atoms with Crippen LogP contribution < -0.4 is 5.73 Å². The smallest absolute Gasteiger partial charge is 0.0801 e. The van der Waals surface area contributed by atoms with Gasteiger partial charge in [-0.05, 0) is 42.1 Å². The van der Waals surface area contributed by atoms with E-state index in [2.05, 4.69) is 30.2 Å². The van der Waals surface area contributed by atoms with Crippen LogP contribution in [0, 0.1) is 18.8 Å². The fourth-order valence-corrected chi connectivity index (χ4v) is 2.02. The maximum absolute atomic E-state index is 5.67. The van der Waals surface area contributed by atoms with Gasteiger partial charge in [-0.2, -0.15) is 0 Å². The van der Waals surface area contributed by atoms with E-state index in [4.69, 9.17) is 5.73 Å². The summed E-state index contributed by atoms with van der Waals surface area (Å²) in [6.07, 6.45) is 0. The van der Waals surface area contributed by atoms with Crippen molar-refractivity contribution in [2.75, 3.05) is 5.73 Å². The first-order valence-electron chi connectivity index (χ1n) is 4.67. The van der Waals surface area contributed by atoms with Crippen LogP contribution in [0.1, 0.15) is 16.0 Å². The Kier molecular flexibility index (Phi) is 2.75. The first kappa shape index (κ1) is 9.82. The van der Waals surface area contributed by atoms with Crippen LogP contribution in [0.4, 0.5) is 5.69 Å². The van der Waals surface area contributed by atoms with Crippen molar-refractivity contribution in [1.29, 1.82) is 0 Å². The normalized spacial score (nSPS) is 9.40. The van der Waals surface area contributed by atoms with E-state index in [1.165, 1.54) is 5.56 Å². The van der Waals surface area contributed by atoms with Crippen molar-refractivity contribution in [3.8, 4) is 11.8 Å². The van der Waals surface area contributed by atoms with Crippen LogP contribution in [0.25, 0.3) is 0 Å². The minimum absolute atomic E-state index is 0.754. The second kappa shape index (κ2) is 4.20. The summed E-state index contributed by atoms with van der Waals surface area (Å²) < 4.78 is 0. The van der Waals surface area contributed by atoms with Crippen LogP contribution in [0.2, 0.25) is 0 Å². The molecule has 0 aliphatic rings. The van der Waals surface area contributed by atoms with Gasteiger partial charge in [0.15, 0.2) is 0 Å². The van der Waals surface area contributed by atoms with Crippen LogP contribution in [-0.2, 0) is 0 Å². The van der Waals surface area contributed by atoms with E-state index in [-0.39, 0.29) is 0 Å². The molecule has 0 saturated heterocycles. The zero-order valence-electron chi connectivity index (χ0n) is 8.45. The predicted molar refractivity (Wildman–Crippen MR) is 65.9 cm³/mol. The Morgan fingerprint density at radius 3 is 2.73 bits per heavy atom. The Morgan fingerprint density at radius 2 is 2.07 bits per heavy atom. The third-order valence-electron chi connectivity index (χ3n) is 2.07. The molecule has 2 rings (SSSR count). The zero-order chi connectivity index (χ0) is 10.7. The highest BCUT2D eigenvalue weighted by atomic mass is 32.1. The standard InChI is InChI=1S/C13H11NS/c1-10-7-8-15-13(10)6-5-11-3-2-4-12(14)9-11/h2-4,7-9H,14H2,1H3. The van der Waals surface area contributed by atoms with Gasteiger partial charge in [-0.3, -0.25) is 0 Å². The summed E-state index contributed by atoms with van der Waals surface area (Å²) in [5, 5.41) is 2.05. The minimum atomic E-state index is 0.754. The molecule has 0 fully saturated rings. The lowest BCUT2D eigenvalue weighted by Crippen LogP contribution is -1.84. The van der Waals surface area contributed by atoms with E-state index in [0.29, 0.717) is 0 Å². The lowest BCUT2D eigenvalue weighted by molar-refractivity contribution is 1.53. The topological polar surface area (TPSA) is 26.0 Å². The molecule has 2 aromatic rings. The van der Waals surface area contributed by atoms with Crippen LogP contribution in [-0.4, -0.2) is 0 Å². The predicted octanol–water partition coefficient (Wildman–Crippen LogP) is 3.04. The summed E-state index contributed by atoms with van der Waals surface area (Å²) in [5.74, 6) is 6.26. The molecule has 0 saturated carbocycles. The van der Waals surface area contributed by atoms with Crippen molar-refractivity contribution in [2.45, 2.75) is 6.92 Å². The second-order valence-corrected chi connectivity index (χ2v) is 4.22. The van der Waals surface area contributed by atoms with Crippen molar-refractivity contribution in [1.82, 2.24) is 0 Å². The molecule has 15 heavy (non-hydrogen) atoms. The summed E-state index contributed by atoms with van der Waals surface area (Å²) in [5.41, 5.74) is 8.62. The summed E-state index contributed by atoms with van der Waals surface area (Å²) in [4.78, 5) is 1.12. The van der Waals surface area contributed by atoms with Gasteiger partial charge in [-0.25, -0.2) is 0 Å². The summed E-state index contributed by atoms with van der Waals surface area (Å²) in [6.45, 7) is 2.07. The first-order chi connectivity index (χ1) is 7.25. The Morgan fingerprint density at radius 1 is 1.20 bits per heavy atom. The molecule has 74 valence electrons. The molecule has 0 atom stereocenters. The van der Waals surface area contributed by atoms with E-state index in [9.17, 15) is 0 Å². The van der Waals surface area contributed by atoms with Crippen LogP contribution >= 0.6 is 11.3 Å². The zero-order valence-corrected chi connectivity index (χ0v) is 9.27. The van der Waals surface area contributed by atoms with Crippen molar-refractivity contribution in [3.63, 3.8) is 0 Å². The molecule has 0 bridgehead atoms. The second-order valence-electron chi connectivity index (χ2n) is 3.31. The van der Waals surface area contributed by atoms with Gasteiger partial charge in [-0.15, -0.1) is 11.3 Å². The fourth-order valence-electron chi connectivity index (χ4n) is 1.25. The average Bonchev–Trinajstić information content (AvgIpc) is 2.61. The van der Waals surface area contributed by atoms with Crippen LogP contribution in [0.5, 0.6) is 0 Å². The molecule has 1 aromatic heterocycles. The molecule has 2 N–H and O–H groups in total. The lowest BCUT2D eigenvalue weighted by atomic mass is 10.2. The number of thiophene rings is 1. The van der Waals surface area contributed by atoms with Crippen molar-refractivity contribution < 1.29 is 0 Å². The van der Waals surface area contributed by atoms with Gasteiger partial charge < -0.3 is 5.73 Å². The lowest BCUT2D eigenvalue weighted by Gasteiger charge is -1.92. The number of rotatable bonds is 0. The molecule has 1 heterocycles. The number of nitrogens with two attached hydrogens (primary N) is 1. The largest absolute Gasteiger partial charge is 0.399 e. The Balaban J connectivity index is 2.30. The van der Waals surface area contributed by atoms with E-state index < -0.39 is 0 Å². The van der Waals surface area contributed by atoms with Gasteiger partial charge in [0.05, 0.1) is 4.88 Å². The number of aryl methyl sites for hydroxylation is 1. The molecule has 0 amide bonds. The Labute approximate surface area is 93.6 Å². The van der Waals surface area contributed by atoms with Gasteiger partial charge >= 0.3 is 0 Å². The highest BCUT2D eigenvalue weighted by molar-refractivity contribution is 7.10. The molecule has 2 heteroatoms. The monoisotopic (exact) mass is 213 g/mol. The van der Waals surface area contributed by atoms with E-state index >= 15 is 0 Å². The molecule has 0 radical (unpaired) electrons. The third-order valence-corrected chi connectivity index (χ3v) is 3.00. The Hall–Kier alpha value is -1.72. The molecular weight excluding hydrogens is 202 g/mol. The summed E-state index contributed by atoms with van der Waals surface area (Å²) in [7, 11) is 0. The third kappa shape index (κ3) is 2.39. The SMILES string of the molecule is Cc1ccsc1C#Cc1cccc(N)c1. The molecule has 0 aliphatic carbocycles. The van der Waals surface area contributed by atoms with E-state index in [1.807, 2.05) is 24.3 Å². The van der Waals surface area contributed by atoms with Crippen LogP contribution in [0.15, 0.2) is 35.7 Å². The van der Waals surface area contributed by atoms with Crippen molar-refractivity contribution in [3.05, 3.63) is 51.7 Å². The number of anilines is 1. The minimum Gasteiger partial charge on any atom is -0.399 e. The number of hydrogen-bond acceptors (Lipinski definition) is 2. The molecule has 1 aromatic carbocycles. The number of hydrogen-bond donors (Lipinski definition) is 1. The van der Waals surface area contributed by atoms with Gasteiger partial charge in [0, 0.05) is 11.3 Å². The van der Waals surface area contributed by atoms with Crippen LogP contribution in [0.3, 0.4) is 0 Å². The molecule has 0 unspecified atom stereocenters. The maximum Gasteiger partial charge on any atom is 0.0801 e. The van der Waals surface area contributed by atoms with Gasteiger partial charge in [0.25, 0.3) is 0 Å². The van der Waals surface area contributed by atoms with Gasteiger partial charge in [-0.1, -0.05) is 17.9 Å². The quantitative estimate of drug-likeness (QED) is 0.528. The Bertz CT molecular complexity index is 529. The molecule has 0 spiro atoms. The van der Waals surface area contributed by atoms with Crippen molar-refractivity contribution >= 4 is 17.0 Å².